The molecule has 1 unspecified atom stereocenters. The Morgan fingerprint density at radius 2 is 2.10 bits per heavy atom. The summed E-state index contributed by atoms with van der Waals surface area (Å²) >= 11 is 3.86. The lowest BCUT2D eigenvalue weighted by molar-refractivity contribution is 0.117. The van der Waals surface area contributed by atoms with Gasteiger partial charge in [0.25, 0.3) is 0 Å². The van der Waals surface area contributed by atoms with Gasteiger partial charge in [-0.3, -0.25) is 4.90 Å². The van der Waals surface area contributed by atoms with Gasteiger partial charge in [0.2, 0.25) is 0 Å². The van der Waals surface area contributed by atoms with Crippen molar-refractivity contribution in [3.05, 3.63) is 0 Å². The summed E-state index contributed by atoms with van der Waals surface area (Å²) in [7, 11) is 1.83. The number of likely N-dealkylation sites (N-methyl/N-ethyl adjacent to an activating group) is 1. The van der Waals surface area contributed by atoms with E-state index < -0.39 is 5.44 Å². The summed E-state index contributed by atoms with van der Waals surface area (Å²) in [5.74, 6) is 0. The maximum absolute atomic E-state index is 8.96. The Morgan fingerprint density at radius 3 is 2.40 bits per heavy atom. The molecule has 4 heteroatoms. The number of aliphatic hydroxyl groups is 2. The molecule has 0 fully saturated rings. The van der Waals surface area contributed by atoms with Crippen molar-refractivity contribution in [2.24, 2.45) is 0 Å². The van der Waals surface area contributed by atoms with Crippen molar-refractivity contribution in [3.63, 3.8) is 0 Å². The van der Waals surface area contributed by atoms with Gasteiger partial charge in [0, 0.05) is 12.6 Å². The van der Waals surface area contributed by atoms with Gasteiger partial charge >= 0.3 is 0 Å². The number of hydrogen-bond acceptors (Lipinski definition) is 4. The van der Waals surface area contributed by atoms with Crippen LogP contribution in [0.15, 0.2) is 0 Å². The molecule has 0 heterocycles. The van der Waals surface area contributed by atoms with E-state index in [-0.39, 0.29) is 12.6 Å². The zero-order valence-corrected chi connectivity index (χ0v) is 7.25. The van der Waals surface area contributed by atoms with Gasteiger partial charge in [-0.25, -0.2) is 0 Å². The zero-order chi connectivity index (χ0) is 8.15. The molecule has 62 valence electrons. The molecule has 0 bridgehead atoms. The van der Waals surface area contributed by atoms with Crippen LogP contribution in [0.4, 0.5) is 0 Å². The summed E-state index contributed by atoms with van der Waals surface area (Å²) in [4.78, 5) is 1.84. The summed E-state index contributed by atoms with van der Waals surface area (Å²) in [5.41, 5.74) is -0.642. The molecular weight excluding hydrogens is 150 g/mol. The molecule has 0 aliphatic carbocycles. The number of nitrogens with zero attached hydrogens (tertiary/aromatic N) is 1. The van der Waals surface area contributed by atoms with Crippen molar-refractivity contribution in [2.45, 2.75) is 18.4 Å². The van der Waals surface area contributed by atoms with Crippen LogP contribution >= 0.6 is 12.6 Å². The SMILES string of the molecule is C[C@H](C(O)S)N(C)CCO. The van der Waals surface area contributed by atoms with Gasteiger partial charge in [-0.05, 0) is 14.0 Å². The van der Waals surface area contributed by atoms with Crippen LogP contribution in [0, 0.1) is 0 Å². The molecule has 2 N–H and O–H groups in total. The molecular formula is C6H15NO2S. The van der Waals surface area contributed by atoms with Gasteiger partial charge in [-0.2, -0.15) is 0 Å². The summed E-state index contributed by atoms with van der Waals surface area (Å²) in [6.45, 7) is 2.54. The highest BCUT2D eigenvalue weighted by atomic mass is 32.1. The van der Waals surface area contributed by atoms with Crippen molar-refractivity contribution in [1.82, 2.24) is 4.90 Å². The van der Waals surface area contributed by atoms with Gasteiger partial charge in [-0.1, -0.05) is 0 Å². The Kier molecular flexibility index (Phi) is 5.07. The van der Waals surface area contributed by atoms with Crippen LogP contribution in [-0.4, -0.2) is 46.8 Å². The van der Waals surface area contributed by atoms with Crippen molar-refractivity contribution < 1.29 is 10.2 Å². The van der Waals surface area contributed by atoms with Crippen molar-refractivity contribution >= 4 is 12.6 Å². The highest BCUT2D eigenvalue weighted by Crippen LogP contribution is 2.03. The summed E-state index contributed by atoms with van der Waals surface area (Å²) in [5, 5.41) is 17.5. The predicted octanol–water partition coefficient (Wildman–Crippen LogP) is -0.453. The average Bonchev–Trinajstić information content (AvgIpc) is 1.87. The zero-order valence-electron chi connectivity index (χ0n) is 6.36. The smallest absolute Gasteiger partial charge is 0.112 e. The largest absolute Gasteiger partial charge is 0.395 e. The second-order valence-electron chi connectivity index (χ2n) is 2.36. The van der Waals surface area contributed by atoms with E-state index in [9.17, 15) is 0 Å². The third-order valence-electron chi connectivity index (χ3n) is 1.58. The van der Waals surface area contributed by atoms with E-state index >= 15 is 0 Å². The van der Waals surface area contributed by atoms with Crippen LogP contribution in [0.25, 0.3) is 0 Å². The molecule has 0 rings (SSSR count). The molecule has 0 spiro atoms. The lowest BCUT2D eigenvalue weighted by Gasteiger charge is -2.25. The lowest BCUT2D eigenvalue weighted by Crippen LogP contribution is -2.37. The van der Waals surface area contributed by atoms with Gasteiger partial charge in [0.15, 0.2) is 0 Å². The third-order valence-corrected chi connectivity index (χ3v) is 2.01. The molecule has 10 heavy (non-hydrogen) atoms. The number of hydrogen-bond donors (Lipinski definition) is 3. The van der Waals surface area contributed by atoms with E-state index in [1.165, 1.54) is 0 Å². The maximum Gasteiger partial charge on any atom is 0.112 e. The minimum Gasteiger partial charge on any atom is -0.395 e. The fraction of sp³-hybridized carbons (Fsp3) is 1.00. The first-order valence-electron chi connectivity index (χ1n) is 3.26. The summed E-state index contributed by atoms with van der Waals surface area (Å²) < 4.78 is 0. The fourth-order valence-electron chi connectivity index (χ4n) is 0.589. The monoisotopic (exact) mass is 165 g/mol. The Labute approximate surface area is 67.1 Å². The molecule has 0 aliphatic heterocycles. The van der Waals surface area contributed by atoms with Crippen LogP contribution in [0.3, 0.4) is 0 Å². The first kappa shape index (κ1) is 10.2. The molecule has 0 aromatic rings. The van der Waals surface area contributed by atoms with Crippen LogP contribution < -0.4 is 0 Å². The molecule has 0 aliphatic rings. The predicted molar refractivity (Wildman–Crippen MR) is 44.2 cm³/mol. The molecule has 0 saturated carbocycles. The second-order valence-corrected chi connectivity index (χ2v) is 2.89. The van der Waals surface area contributed by atoms with E-state index in [2.05, 4.69) is 12.6 Å². The minimum absolute atomic E-state index is 0.0181. The molecule has 0 aromatic heterocycles. The van der Waals surface area contributed by atoms with Gasteiger partial charge < -0.3 is 10.2 Å². The maximum atomic E-state index is 8.96. The molecule has 0 aromatic carbocycles. The van der Waals surface area contributed by atoms with Gasteiger partial charge in [0.1, 0.15) is 5.44 Å². The summed E-state index contributed by atoms with van der Waals surface area (Å²) in [6.07, 6.45) is 0. The minimum atomic E-state index is -0.642. The number of thiol groups is 1. The summed E-state index contributed by atoms with van der Waals surface area (Å²) in [6, 6.07) is -0.0181. The normalized spacial score (nSPS) is 17.4. The first-order chi connectivity index (χ1) is 4.59. The lowest BCUT2D eigenvalue weighted by atomic mass is 10.3. The van der Waals surface area contributed by atoms with Crippen LogP contribution in [0.1, 0.15) is 6.92 Å². The Hall–Kier alpha value is 0.230. The van der Waals surface area contributed by atoms with Crippen LogP contribution in [0.2, 0.25) is 0 Å². The Bertz CT molecular complexity index is 89.8. The van der Waals surface area contributed by atoms with Crippen LogP contribution in [-0.2, 0) is 0 Å². The van der Waals surface area contributed by atoms with E-state index in [0.29, 0.717) is 6.54 Å². The third kappa shape index (κ3) is 3.41. The highest BCUT2D eigenvalue weighted by Gasteiger charge is 2.13. The Morgan fingerprint density at radius 1 is 1.60 bits per heavy atom. The van der Waals surface area contributed by atoms with Crippen molar-refractivity contribution in [1.29, 1.82) is 0 Å². The first-order valence-corrected chi connectivity index (χ1v) is 3.78. The standard InChI is InChI=1S/C6H15NO2S/c1-5(6(9)10)7(2)3-4-8/h5-6,8-10H,3-4H2,1-2H3/t5-,6?/m1/s1. The van der Waals surface area contributed by atoms with E-state index in [4.69, 9.17) is 10.2 Å². The molecule has 2 atom stereocenters. The molecule has 0 radical (unpaired) electrons. The molecule has 0 amide bonds. The molecule has 0 saturated heterocycles. The topological polar surface area (TPSA) is 43.7 Å². The number of rotatable bonds is 4. The fourth-order valence-corrected chi connectivity index (χ4v) is 0.817. The highest BCUT2D eigenvalue weighted by molar-refractivity contribution is 7.80. The number of aliphatic hydroxyl groups excluding tert-OH is 2. The average molecular weight is 165 g/mol. The van der Waals surface area contributed by atoms with Gasteiger partial charge in [-0.15, -0.1) is 12.6 Å². The van der Waals surface area contributed by atoms with E-state index in [0.717, 1.165) is 0 Å². The van der Waals surface area contributed by atoms with E-state index in [1.807, 2.05) is 18.9 Å². The van der Waals surface area contributed by atoms with E-state index in [1.54, 1.807) is 0 Å². The van der Waals surface area contributed by atoms with Crippen molar-refractivity contribution in [2.75, 3.05) is 20.2 Å². The molecule has 3 nitrogen and oxygen atoms in total. The van der Waals surface area contributed by atoms with Crippen LogP contribution in [0.5, 0.6) is 0 Å². The second kappa shape index (κ2) is 4.96. The van der Waals surface area contributed by atoms with Gasteiger partial charge in [0.05, 0.1) is 6.61 Å². The van der Waals surface area contributed by atoms with Crippen molar-refractivity contribution in [3.8, 4) is 0 Å². The quantitative estimate of drug-likeness (QED) is 0.390. The Balaban J connectivity index is 3.58.